The first-order chi connectivity index (χ1) is 14.0. The smallest absolute Gasteiger partial charge is 0.261 e. The van der Waals surface area contributed by atoms with Crippen LogP contribution in [0, 0.1) is 11.6 Å². The molecule has 0 bridgehead atoms. The van der Waals surface area contributed by atoms with Crippen molar-refractivity contribution in [2.24, 2.45) is 12.0 Å². The lowest BCUT2D eigenvalue weighted by atomic mass is 10.1. The number of amidine groups is 1. The quantitative estimate of drug-likeness (QED) is 0.723. The highest BCUT2D eigenvalue weighted by atomic mass is 19.1. The second-order valence-electron chi connectivity index (χ2n) is 7.41. The van der Waals surface area contributed by atoms with Crippen LogP contribution in [-0.2, 0) is 13.6 Å². The van der Waals surface area contributed by atoms with E-state index in [4.69, 9.17) is 0 Å². The van der Waals surface area contributed by atoms with Gasteiger partial charge in [0, 0.05) is 37.5 Å². The van der Waals surface area contributed by atoms with Crippen LogP contribution >= 0.6 is 0 Å². The Morgan fingerprint density at radius 2 is 1.97 bits per heavy atom. The first-order valence-corrected chi connectivity index (χ1v) is 9.56. The molecule has 1 saturated heterocycles. The Hall–Kier alpha value is -3.29. The number of fused-ring (bicyclic) bond motifs is 2. The molecular formula is C21H19F2N5O. The van der Waals surface area contributed by atoms with Crippen LogP contribution in [-0.4, -0.2) is 39.5 Å². The summed E-state index contributed by atoms with van der Waals surface area (Å²) in [5, 5.41) is 6.67. The molecular weight excluding hydrogens is 376 g/mol. The fraction of sp³-hybridized carbons (Fsp3) is 0.286. The van der Waals surface area contributed by atoms with Crippen LogP contribution in [0.5, 0.6) is 0 Å². The first-order valence-electron chi connectivity index (χ1n) is 9.56. The molecule has 3 aromatic rings. The van der Waals surface area contributed by atoms with Gasteiger partial charge in [-0.2, -0.15) is 5.10 Å². The van der Waals surface area contributed by atoms with E-state index in [0.717, 1.165) is 49.0 Å². The van der Waals surface area contributed by atoms with Gasteiger partial charge in [0.25, 0.3) is 5.91 Å². The van der Waals surface area contributed by atoms with Crippen molar-refractivity contribution < 1.29 is 13.6 Å². The van der Waals surface area contributed by atoms with E-state index in [0.29, 0.717) is 17.7 Å². The number of nitrogens with one attached hydrogen (secondary N) is 1. The summed E-state index contributed by atoms with van der Waals surface area (Å²) in [6.07, 6.45) is 3.56. The number of aryl methyl sites for hydroxylation is 1. The average Bonchev–Trinajstić information content (AvgIpc) is 3.42. The lowest BCUT2D eigenvalue weighted by Crippen LogP contribution is -2.27. The maximum absolute atomic E-state index is 14.8. The van der Waals surface area contributed by atoms with Gasteiger partial charge in [0.2, 0.25) is 0 Å². The van der Waals surface area contributed by atoms with Crippen molar-refractivity contribution in [2.75, 3.05) is 18.4 Å². The summed E-state index contributed by atoms with van der Waals surface area (Å²) in [6.45, 7) is 2.54. The molecule has 1 N–H and O–H groups in total. The van der Waals surface area contributed by atoms with Crippen LogP contribution in [0.3, 0.4) is 0 Å². The predicted molar refractivity (Wildman–Crippen MR) is 106 cm³/mol. The molecule has 0 radical (unpaired) electrons. The second-order valence-corrected chi connectivity index (χ2v) is 7.41. The van der Waals surface area contributed by atoms with Crippen molar-refractivity contribution in [1.29, 1.82) is 0 Å². The molecule has 6 nitrogen and oxygen atoms in total. The molecule has 0 atom stereocenters. The van der Waals surface area contributed by atoms with E-state index < -0.39 is 23.1 Å². The number of carbonyl (C=O) groups is 1. The maximum atomic E-state index is 14.8. The van der Waals surface area contributed by atoms with Gasteiger partial charge in [0.05, 0.1) is 23.6 Å². The van der Waals surface area contributed by atoms with E-state index >= 15 is 0 Å². The third-order valence-electron chi connectivity index (χ3n) is 5.58. The Kier molecular flexibility index (Phi) is 4.08. The normalized spacial score (nSPS) is 15.7. The van der Waals surface area contributed by atoms with Gasteiger partial charge in [-0.25, -0.2) is 8.78 Å². The fourth-order valence-corrected chi connectivity index (χ4v) is 4.07. The van der Waals surface area contributed by atoms with Crippen molar-refractivity contribution in [3.05, 3.63) is 58.8 Å². The van der Waals surface area contributed by atoms with Gasteiger partial charge in [-0.3, -0.25) is 14.5 Å². The summed E-state index contributed by atoms with van der Waals surface area (Å²) in [6, 6.07) is 6.59. The molecule has 0 spiro atoms. The minimum Gasteiger partial charge on any atom is -0.356 e. The Balaban J connectivity index is 1.46. The minimum absolute atomic E-state index is 0.108. The molecule has 29 heavy (non-hydrogen) atoms. The zero-order valence-electron chi connectivity index (χ0n) is 15.9. The first kappa shape index (κ1) is 17.8. The van der Waals surface area contributed by atoms with Crippen LogP contribution in [0.1, 0.15) is 34.3 Å². The summed E-state index contributed by atoms with van der Waals surface area (Å²) in [7, 11) is 1.59. The number of amides is 1. The molecule has 1 amide bonds. The lowest BCUT2D eigenvalue weighted by Gasteiger charge is -2.18. The number of aliphatic imine (C=N–C) groups is 1. The van der Waals surface area contributed by atoms with Crippen LogP contribution in [0.4, 0.5) is 14.5 Å². The molecule has 5 rings (SSSR count). The topological polar surface area (TPSA) is 62.5 Å². The van der Waals surface area contributed by atoms with E-state index in [1.807, 2.05) is 12.1 Å². The standard InChI is InChI=1S/C21H19F2N5O/c1-27-17-9-16(22)18(19(23)15(17)11-25-27)21(29)26-13-5-4-12-10-24-20(14(12)8-13)28-6-2-3-7-28/h4-5,8-9,11H,2-3,6-7,10H2,1H3,(H,26,29). The molecule has 3 heterocycles. The van der Waals surface area contributed by atoms with Crippen LogP contribution in [0.2, 0.25) is 0 Å². The number of nitrogens with zero attached hydrogens (tertiary/aromatic N) is 4. The molecule has 2 aromatic carbocycles. The monoisotopic (exact) mass is 395 g/mol. The second kappa shape index (κ2) is 6.65. The highest BCUT2D eigenvalue weighted by Gasteiger charge is 2.26. The number of halogens is 2. The van der Waals surface area contributed by atoms with Crippen LogP contribution in [0.15, 0.2) is 35.5 Å². The molecule has 0 aliphatic carbocycles. The van der Waals surface area contributed by atoms with E-state index in [9.17, 15) is 13.6 Å². The number of likely N-dealkylation sites (tertiary alicyclic amines) is 1. The number of hydrogen-bond donors (Lipinski definition) is 1. The Labute approximate surface area is 165 Å². The predicted octanol–water partition coefficient (Wildman–Crippen LogP) is 3.46. The van der Waals surface area contributed by atoms with Crippen molar-refractivity contribution >= 4 is 28.3 Å². The molecule has 2 aliphatic rings. The van der Waals surface area contributed by atoms with Gasteiger partial charge >= 0.3 is 0 Å². The molecule has 8 heteroatoms. The molecule has 1 fully saturated rings. The lowest BCUT2D eigenvalue weighted by molar-refractivity contribution is 0.101. The zero-order valence-corrected chi connectivity index (χ0v) is 15.9. The Bertz CT molecular complexity index is 1180. The van der Waals surface area contributed by atoms with Crippen molar-refractivity contribution in [3.8, 4) is 0 Å². The fourth-order valence-electron chi connectivity index (χ4n) is 4.07. The van der Waals surface area contributed by atoms with Gasteiger partial charge in [-0.05, 0) is 30.5 Å². The van der Waals surface area contributed by atoms with E-state index in [1.165, 1.54) is 10.9 Å². The van der Waals surface area contributed by atoms with Gasteiger partial charge in [-0.1, -0.05) is 6.07 Å². The third kappa shape index (κ3) is 2.86. The van der Waals surface area contributed by atoms with Crippen molar-refractivity contribution in [1.82, 2.24) is 14.7 Å². The van der Waals surface area contributed by atoms with Crippen LogP contribution < -0.4 is 5.32 Å². The highest BCUT2D eigenvalue weighted by molar-refractivity contribution is 6.08. The number of anilines is 1. The zero-order chi connectivity index (χ0) is 20.1. The molecule has 0 unspecified atom stereocenters. The highest BCUT2D eigenvalue weighted by Crippen LogP contribution is 2.28. The number of hydrogen-bond acceptors (Lipinski definition) is 4. The summed E-state index contributed by atoms with van der Waals surface area (Å²) in [5.74, 6) is -1.73. The SMILES string of the molecule is Cn1ncc2c(F)c(C(=O)Nc3ccc4c(c3)C(N3CCCC3)=NC4)c(F)cc21. The largest absolute Gasteiger partial charge is 0.356 e. The summed E-state index contributed by atoms with van der Waals surface area (Å²) < 4.78 is 30.7. The summed E-state index contributed by atoms with van der Waals surface area (Å²) >= 11 is 0. The van der Waals surface area contributed by atoms with Gasteiger partial charge < -0.3 is 10.2 Å². The Morgan fingerprint density at radius 3 is 2.76 bits per heavy atom. The van der Waals surface area contributed by atoms with Crippen molar-refractivity contribution in [3.63, 3.8) is 0 Å². The van der Waals surface area contributed by atoms with E-state index in [1.54, 1.807) is 13.1 Å². The molecule has 0 saturated carbocycles. The molecule has 1 aromatic heterocycles. The number of rotatable bonds is 2. The minimum atomic E-state index is -0.920. The molecule has 2 aliphatic heterocycles. The summed E-state index contributed by atoms with van der Waals surface area (Å²) in [5.41, 5.74) is 2.21. The number of carbonyl (C=O) groups excluding carboxylic acids is 1. The third-order valence-corrected chi connectivity index (χ3v) is 5.58. The Morgan fingerprint density at radius 1 is 1.17 bits per heavy atom. The van der Waals surface area contributed by atoms with Crippen molar-refractivity contribution in [2.45, 2.75) is 19.4 Å². The van der Waals surface area contributed by atoms with Gasteiger partial charge in [0.1, 0.15) is 23.0 Å². The molecule has 148 valence electrons. The average molecular weight is 395 g/mol. The number of benzene rings is 2. The van der Waals surface area contributed by atoms with Gasteiger partial charge in [0.15, 0.2) is 0 Å². The van der Waals surface area contributed by atoms with E-state index in [2.05, 4.69) is 20.3 Å². The van der Waals surface area contributed by atoms with E-state index in [-0.39, 0.29) is 5.39 Å². The summed E-state index contributed by atoms with van der Waals surface area (Å²) in [4.78, 5) is 19.6. The van der Waals surface area contributed by atoms with Crippen LogP contribution in [0.25, 0.3) is 10.9 Å². The number of aromatic nitrogens is 2. The van der Waals surface area contributed by atoms with Gasteiger partial charge in [-0.15, -0.1) is 0 Å². The maximum Gasteiger partial charge on any atom is 0.261 e.